The first-order valence-electron chi connectivity index (χ1n) is 6.98. The maximum Gasteiger partial charge on any atom is 0.242 e. The minimum Gasteiger partial charge on any atom is -0.348 e. The van der Waals surface area contributed by atoms with Crippen molar-refractivity contribution in [2.24, 2.45) is 0 Å². The fourth-order valence-corrected chi connectivity index (χ4v) is 2.50. The van der Waals surface area contributed by atoms with Crippen LogP contribution in [0.4, 0.5) is 5.82 Å². The highest BCUT2D eigenvalue weighted by atomic mass is 35.5. The third-order valence-corrected chi connectivity index (χ3v) is 3.75. The number of rotatable bonds is 5. The van der Waals surface area contributed by atoms with Crippen LogP contribution in [0, 0.1) is 0 Å². The molecule has 0 aliphatic heterocycles. The molecule has 0 saturated heterocycles. The van der Waals surface area contributed by atoms with Crippen LogP contribution in [-0.2, 0) is 4.79 Å². The van der Waals surface area contributed by atoms with Crippen LogP contribution in [0.3, 0.4) is 0 Å². The van der Waals surface area contributed by atoms with Gasteiger partial charge in [-0.3, -0.25) is 4.79 Å². The lowest BCUT2D eigenvalue weighted by atomic mass is 10.2. The largest absolute Gasteiger partial charge is 0.348 e. The van der Waals surface area contributed by atoms with Gasteiger partial charge in [0.05, 0.1) is 6.54 Å². The summed E-state index contributed by atoms with van der Waals surface area (Å²) in [4.78, 5) is 15.8. The van der Waals surface area contributed by atoms with Gasteiger partial charge < -0.3 is 9.80 Å². The summed E-state index contributed by atoms with van der Waals surface area (Å²) >= 11 is 6.07. The van der Waals surface area contributed by atoms with Gasteiger partial charge in [0.2, 0.25) is 5.91 Å². The van der Waals surface area contributed by atoms with Gasteiger partial charge in [-0.1, -0.05) is 35.9 Å². The third-order valence-electron chi connectivity index (χ3n) is 3.47. The molecule has 1 amide bonds. The van der Waals surface area contributed by atoms with E-state index >= 15 is 0 Å². The predicted molar refractivity (Wildman–Crippen MR) is 85.7 cm³/mol. The third kappa shape index (κ3) is 3.24. The lowest BCUT2D eigenvalue weighted by Gasteiger charge is -2.24. The number of fused-ring (bicyclic) bond motifs is 1. The molecule has 1 aromatic carbocycles. The molecule has 112 valence electrons. The second kappa shape index (κ2) is 6.72. The van der Waals surface area contributed by atoms with E-state index in [2.05, 4.69) is 10.2 Å². The Morgan fingerprint density at radius 3 is 2.38 bits per heavy atom. The molecule has 2 rings (SSSR count). The second-order valence-electron chi connectivity index (χ2n) is 4.78. The molecule has 0 radical (unpaired) electrons. The highest BCUT2D eigenvalue weighted by Gasteiger charge is 2.16. The minimum atomic E-state index is 0.0725. The molecule has 21 heavy (non-hydrogen) atoms. The molecule has 0 unspecified atom stereocenters. The molecule has 0 N–H and O–H groups in total. The van der Waals surface area contributed by atoms with Gasteiger partial charge in [0.25, 0.3) is 0 Å². The monoisotopic (exact) mass is 306 g/mol. The summed E-state index contributed by atoms with van der Waals surface area (Å²) < 4.78 is 0. The zero-order valence-corrected chi connectivity index (χ0v) is 13.3. The number of aromatic nitrogens is 2. The van der Waals surface area contributed by atoms with Crippen LogP contribution in [0.25, 0.3) is 10.8 Å². The number of carbonyl (C=O) groups is 1. The van der Waals surface area contributed by atoms with Gasteiger partial charge in [0.15, 0.2) is 11.0 Å². The van der Waals surface area contributed by atoms with Crippen molar-refractivity contribution >= 4 is 34.1 Å². The Morgan fingerprint density at radius 2 is 1.76 bits per heavy atom. The molecule has 0 aliphatic rings. The maximum atomic E-state index is 12.2. The van der Waals surface area contributed by atoms with Crippen LogP contribution in [0.2, 0.25) is 5.15 Å². The number of hydrogen-bond donors (Lipinski definition) is 0. The van der Waals surface area contributed by atoms with E-state index in [9.17, 15) is 4.79 Å². The smallest absolute Gasteiger partial charge is 0.242 e. The lowest BCUT2D eigenvalue weighted by Crippen LogP contribution is -2.39. The number of nitrogens with zero attached hydrogens (tertiary/aromatic N) is 4. The quantitative estimate of drug-likeness (QED) is 0.852. The van der Waals surface area contributed by atoms with E-state index in [4.69, 9.17) is 11.6 Å². The molecule has 0 atom stereocenters. The Morgan fingerprint density at radius 1 is 1.14 bits per heavy atom. The van der Waals surface area contributed by atoms with Crippen molar-refractivity contribution in [2.75, 3.05) is 31.6 Å². The van der Waals surface area contributed by atoms with Gasteiger partial charge >= 0.3 is 0 Å². The van der Waals surface area contributed by atoms with Crippen LogP contribution in [0.15, 0.2) is 24.3 Å². The first-order chi connectivity index (χ1) is 10.1. The average Bonchev–Trinajstić information content (AvgIpc) is 2.49. The van der Waals surface area contributed by atoms with Crippen molar-refractivity contribution in [1.29, 1.82) is 0 Å². The Kier molecular flexibility index (Phi) is 4.96. The van der Waals surface area contributed by atoms with E-state index in [0.717, 1.165) is 10.8 Å². The van der Waals surface area contributed by atoms with Gasteiger partial charge in [0.1, 0.15) is 0 Å². The molecule has 2 aromatic rings. The van der Waals surface area contributed by atoms with Crippen LogP contribution >= 0.6 is 11.6 Å². The number of hydrogen-bond acceptors (Lipinski definition) is 4. The number of amides is 1. The first-order valence-corrected chi connectivity index (χ1v) is 7.36. The average molecular weight is 307 g/mol. The van der Waals surface area contributed by atoms with E-state index in [-0.39, 0.29) is 12.5 Å². The molecule has 0 spiro atoms. The summed E-state index contributed by atoms with van der Waals surface area (Å²) in [6.07, 6.45) is 0. The maximum absolute atomic E-state index is 12.2. The number of likely N-dealkylation sites (N-methyl/N-ethyl adjacent to an activating group) is 2. The topological polar surface area (TPSA) is 49.3 Å². The van der Waals surface area contributed by atoms with Gasteiger partial charge in [-0.05, 0) is 13.8 Å². The zero-order valence-electron chi connectivity index (χ0n) is 12.5. The van der Waals surface area contributed by atoms with E-state index in [1.165, 1.54) is 0 Å². The van der Waals surface area contributed by atoms with Crippen molar-refractivity contribution in [3.63, 3.8) is 0 Å². The minimum absolute atomic E-state index is 0.0725. The molecular weight excluding hydrogens is 288 g/mol. The highest BCUT2D eigenvalue weighted by molar-refractivity contribution is 6.34. The normalized spacial score (nSPS) is 10.7. The summed E-state index contributed by atoms with van der Waals surface area (Å²) in [7, 11) is 1.84. The van der Waals surface area contributed by atoms with E-state index in [1.54, 1.807) is 4.90 Å². The summed E-state index contributed by atoms with van der Waals surface area (Å²) in [6.45, 7) is 5.62. The molecule has 0 saturated carbocycles. The second-order valence-corrected chi connectivity index (χ2v) is 5.14. The molecule has 1 heterocycles. The molecule has 0 bridgehead atoms. The van der Waals surface area contributed by atoms with Crippen molar-refractivity contribution in [3.8, 4) is 0 Å². The van der Waals surface area contributed by atoms with Crippen LogP contribution in [0.1, 0.15) is 13.8 Å². The SMILES string of the molecule is CCN(CC)C(=O)CN(C)c1nnc(Cl)c2ccccc12. The molecule has 6 heteroatoms. The number of halogens is 1. The lowest BCUT2D eigenvalue weighted by molar-refractivity contribution is -0.129. The highest BCUT2D eigenvalue weighted by Crippen LogP contribution is 2.27. The number of benzene rings is 1. The standard InChI is InChI=1S/C15H19ClN4O/c1-4-20(5-2)13(21)10-19(3)15-12-9-7-6-8-11(12)14(16)17-18-15/h6-9H,4-5,10H2,1-3H3. The van der Waals surface area contributed by atoms with Crippen LogP contribution in [0.5, 0.6) is 0 Å². The predicted octanol–water partition coefficient (Wildman–Crippen LogP) is 2.59. The summed E-state index contributed by atoms with van der Waals surface area (Å²) in [5.41, 5.74) is 0. The van der Waals surface area contributed by atoms with Crippen LogP contribution in [-0.4, -0.2) is 47.7 Å². The zero-order chi connectivity index (χ0) is 15.4. The first kappa shape index (κ1) is 15.5. The van der Waals surface area contributed by atoms with Gasteiger partial charge in [-0.2, -0.15) is 0 Å². The van der Waals surface area contributed by atoms with Crippen molar-refractivity contribution in [1.82, 2.24) is 15.1 Å². The van der Waals surface area contributed by atoms with Crippen molar-refractivity contribution in [3.05, 3.63) is 29.4 Å². The molecule has 0 aliphatic carbocycles. The molecular formula is C15H19ClN4O. The Labute approximate surface area is 129 Å². The van der Waals surface area contributed by atoms with Gasteiger partial charge in [-0.15, -0.1) is 10.2 Å². The van der Waals surface area contributed by atoms with E-state index < -0.39 is 0 Å². The van der Waals surface area contributed by atoms with Crippen LogP contribution < -0.4 is 4.90 Å². The fraction of sp³-hybridized carbons (Fsp3) is 0.400. The van der Waals surface area contributed by atoms with Gasteiger partial charge in [0, 0.05) is 30.9 Å². The van der Waals surface area contributed by atoms with E-state index in [1.807, 2.05) is 50.1 Å². The molecule has 5 nitrogen and oxygen atoms in total. The fourth-order valence-electron chi connectivity index (χ4n) is 2.29. The molecule has 1 aromatic heterocycles. The Hall–Kier alpha value is -1.88. The number of anilines is 1. The van der Waals surface area contributed by atoms with E-state index in [0.29, 0.717) is 24.1 Å². The number of carbonyl (C=O) groups excluding carboxylic acids is 1. The van der Waals surface area contributed by atoms with Crippen molar-refractivity contribution in [2.45, 2.75) is 13.8 Å². The Balaban J connectivity index is 2.30. The van der Waals surface area contributed by atoms with Gasteiger partial charge in [-0.25, -0.2) is 0 Å². The summed E-state index contributed by atoms with van der Waals surface area (Å²) in [5.74, 6) is 0.735. The van der Waals surface area contributed by atoms with Crippen molar-refractivity contribution < 1.29 is 4.79 Å². The summed E-state index contributed by atoms with van der Waals surface area (Å²) in [6, 6.07) is 7.66. The Bertz CT molecular complexity index is 643. The summed E-state index contributed by atoms with van der Waals surface area (Å²) in [5, 5.41) is 10.2. The molecule has 0 fully saturated rings.